The van der Waals surface area contributed by atoms with Crippen molar-refractivity contribution in [1.29, 1.82) is 0 Å². The summed E-state index contributed by atoms with van der Waals surface area (Å²) in [4.78, 5) is 17.9. The van der Waals surface area contributed by atoms with E-state index in [1.807, 2.05) is 41.1 Å². The maximum Gasteiger partial charge on any atom is 0.319 e. The first kappa shape index (κ1) is 24.3. The Morgan fingerprint density at radius 3 is 2.72 bits per heavy atom. The Hall–Kier alpha value is -3.41. The van der Waals surface area contributed by atoms with Gasteiger partial charge in [0.05, 0.1) is 20.2 Å². The van der Waals surface area contributed by atoms with Gasteiger partial charge in [-0.25, -0.2) is 4.98 Å². The molecule has 0 amide bonds. The van der Waals surface area contributed by atoms with Crippen LogP contribution in [0.2, 0.25) is 0 Å². The summed E-state index contributed by atoms with van der Waals surface area (Å²) in [5.41, 5.74) is 3.12. The van der Waals surface area contributed by atoms with Crippen LogP contribution in [0.5, 0.6) is 0 Å². The summed E-state index contributed by atoms with van der Waals surface area (Å²) >= 11 is 0. The highest BCUT2D eigenvalue weighted by atomic mass is 16.5. The molecule has 1 atom stereocenters. The van der Waals surface area contributed by atoms with Crippen molar-refractivity contribution >= 4 is 5.97 Å². The molecule has 1 aliphatic heterocycles. The molecule has 3 aromatic rings. The lowest BCUT2D eigenvalue weighted by Gasteiger charge is -2.50. The molecule has 36 heavy (non-hydrogen) atoms. The second-order valence-corrected chi connectivity index (χ2v) is 10.1. The van der Waals surface area contributed by atoms with Crippen molar-refractivity contribution in [3.05, 3.63) is 59.8 Å². The van der Waals surface area contributed by atoms with Gasteiger partial charge in [-0.3, -0.25) is 9.69 Å². The SMILES string of the molecule is COC(=O)CN1CCC2(CC1)CC(C#Cc1ccc(-c3cc(Cn4ccnc4[C@H](C)O)no3)cc1)C2. The van der Waals surface area contributed by atoms with Crippen LogP contribution in [0.15, 0.2) is 47.2 Å². The van der Waals surface area contributed by atoms with Gasteiger partial charge in [0.25, 0.3) is 0 Å². The second-order valence-electron chi connectivity index (χ2n) is 10.1. The minimum absolute atomic E-state index is 0.154. The largest absolute Gasteiger partial charge is 0.468 e. The number of hydrogen-bond donors (Lipinski definition) is 1. The number of aromatic nitrogens is 3. The first-order chi connectivity index (χ1) is 17.4. The number of methoxy groups -OCH3 is 1. The molecule has 2 aromatic heterocycles. The smallest absolute Gasteiger partial charge is 0.319 e. The number of aliphatic hydroxyl groups excluding tert-OH is 1. The normalized spacial score (nSPS) is 18.3. The molecular formula is C28H32N4O4. The van der Waals surface area contributed by atoms with E-state index in [9.17, 15) is 9.90 Å². The van der Waals surface area contributed by atoms with Crippen LogP contribution in [0.25, 0.3) is 11.3 Å². The molecule has 1 saturated heterocycles. The lowest BCUT2D eigenvalue weighted by Crippen LogP contribution is -2.48. The Balaban J connectivity index is 1.13. The molecule has 0 bridgehead atoms. The highest BCUT2D eigenvalue weighted by Crippen LogP contribution is 2.52. The number of aliphatic hydroxyl groups is 1. The van der Waals surface area contributed by atoms with Crippen LogP contribution in [0.3, 0.4) is 0 Å². The number of hydrogen-bond acceptors (Lipinski definition) is 7. The Bertz CT molecular complexity index is 1250. The molecule has 1 saturated carbocycles. The number of esters is 1. The number of rotatable bonds is 6. The fourth-order valence-electron chi connectivity index (χ4n) is 5.35. The number of imidazole rings is 1. The second kappa shape index (κ2) is 10.3. The van der Waals surface area contributed by atoms with Gasteiger partial charge in [0.1, 0.15) is 17.6 Å². The van der Waals surface area contributed by atoms with Gasteiger partial charge in [-0.05, 0) is 75.4 Å². The minimum atomic E-state index is -0.642. The van der Waals surface area contributed by atoms with Crippen LogP contribution in [0.4, 0.5) is 0 Å². The highest BCUT2D eigenvalue weighted by Gasteiger charge is 2.45. The maximum absolute atomic E-state index is 11.5. The van der Waals surface area contributed by atoms with Crippen LogP contribution in [0, 0.1) is 23.2 Å². The van der Waals surface area contributed by atoms with Gasteiger partial charge < -0.3 is 18.9 Å². The lowest BCUT2D eigenvalue weighted by atomic mass is 9.58. The molecule has 0 radical (unpaired) electrons. The third-order valence-electron chi connectivity index (χ3n) is 7.46. The first-order valence-corrected chi connectivity index (χ1v) is 12.5. The number of ether oxygens (including phenoxy) is 1. The van der Waals surface area contributed by atoms with E-state index >= 15 is 0 Å². The number of carbonyl (C=O) groups is 1. The summed E-state index contributed by atoms with van der Waals surface area (Å²) in [5, 5.41) is 14.0. The molecule has 1 aromatic carbocycles. The molecule has 1 spiro atoms. The summed E-state index contributed by atoms with van der Waals surface area (Å²) in [5.74, 6) is 8.39. The Kier molecular flexibility index (Phi) is 6.95. The van der Waals surface area contributed by atoms with Crippen molar-refractivity contribution in [2.45, 2.75) is 45.3 Å². The van der Waals surface area contributed by atoms with Gasteiger partial charge in [0.15, 0.2) is 5.76 Å². The third-order valence-corrected chi connectivity index (χ3v) is 7.46. The van der Waals surface area contributed by atoms with E-state index in [4.69, 9.17) is 9.26 Å². The topological polar surface area (TPSA) is 93.6 Å². The van der Waals surface area contributed by atoms with Crippen LogP contribution in [-0.2, 0) is 16.1 Å². The van der Waals surface area contributed by atoms with Gasteiger partial charge in [-0.1, -0.05) is 17.0 Å². The zero-order valence-electron chi connectivity index (χ0n) is 20.8. The molecular weight excluding hydrogens is 456 g/mol. The average molecular weight is 489 g/mol. The number of benzene rings is 1. The van der Waals surface area contributed by atoms with Gasteiger partial charge in [0.2, 0.25) is 0 Å². The molecule has 2 aliphatic rings. The fourth-order valence-corrected chi connectivity index (χ4v) is 5.35. The molecule has 188 valence electrons. The summed E-state index contributed by atoms with van der Waals surface area (Å²) < 4.78 is 12.2. The molecule has 1 aliphatic carbocycles. The van der Waals surface area contributed by atoms with Gasteiger partial charge in [-0.15, -0.1) is 0 Å². The fraction of sp³-hybridized carbons (Fsp3) is 0.464. The van der Waals surface area contributed by atoms with Crippen molar-refractivity contribution in [2.75, 3.05) is 26.7 Å². The molecule has 3 heterocycles. The number of piperidine rings is 1. The predicted molar refractivity (Wildman–Crippen MR) is 134 cm³/mol. The zero-order chi connectivity index (χ0) is 25.1. The molecule has 0 unspecified atom stereocenters. The van der Waals surface area contributed by atoms with Crippen molar-refractivity contribution in [3.63, 3.8) is 0 Å². The summed E-state index contributed by atoms with van der Waals surface area (Å²) in [6.45, 7) is 4.50. The van der Waals surface area contributed by atoms with Gasteiger partial charge >= 0.3 is 5.97 Å². The van der Waals surface area contributed by atoms with E-state index in [2.05, 4.69) is 26.9 Å². The summed E-state index contributed by atoms with van der Waals surface area (Å²) in [7, 11) is 1.44. The quantitative estimate of drug-likeness (QED) is 0.418. The maximum atomic E-state index is 11.5. The van der Waals surface area contributed by atoms with Gasteiger partial charge in [0, 0.05) is 35.5 Å². The lowest BCUT2D eigenvalue weighted by molar-refractivity contribution is -0.143. The number of nitrogens with zero attached hydrogens (tertiary/aromatic N) is 4. The predicted octanol–water partition coefficient (Wildman–Crippen LogP) is 3.66. The molecule has 8 nitrogen and oxygen atoms in total. The zero-order valence-corrected chi connectivity index (χ0v) is 20.8. The Morgan fingerprint density at radius 2 is 2.03 bits per heavy atom. The third kappa shape index (κ3) is 5.38. The van der Waals surface area contributed by atoms with Crippen molar-refractivity contribution < 1.29 is 19.2 Å². The van der Waals surface area contributed by atoms with E-state index < -0.39 is 6.10 Å². The van der Waals surface area contributed by atoms with Crippen molar-refractivity contribution in [2.24, 2.45) is 11.3 Å². The average Bonchev–Trinajstić information content (AvgIpc) is 3.53. The number of likely N-dealkylation sites (tertiary alicyclic amines) is 1. The standard InChI is InChI=1S/C28H32N4O4/c1-20(33)27-29-11-14-32(27)18-24-15-25(36-30-24)23-7-5-21(6-8-23)3-4-22-16-28(17-22)9-12-31(13-10-28)19-26(34)35-2/h5-8,11,14-15,20,22,33H,9-10,12-13,16-19H2,1-2H3/t20-/m0/s1. The monoisotopic (exact) mass is 488 g/mol. The summed E-state index contributed by atoms with van der Waals surface area (Å²) in [6.07, 6.45) is 7.42. The Labute approximate surface area is 211 Å². The molecule has 2 fully saturated rings. The van der Waals surface area contributed by atoms with E-state index in [0.29, 0.717) is 36.0 Å². The van der Waals surface area contributed by atoms with E-state index in [1.165, 1.54) is 7.11 Å². The molecule has 8 heteroatoms. The van der Waals surface area contributed by atoms with Gasteiger partial charge in [-0.2, -0.15) is 0 Å². The molecule has 1 N–H and O–H groups in total. The van der Waals surface area contributed by atoms with E-state index in [0.717, 1.165) is 55.6 Å². The van der Waals surface area contributed by atoms with Crippen molar-refractivity contribution in [3.8, 4) is 23.2 Å². The van der Waals surface area contributed by atoms with Crippen LogP contribution in [0.1, 0.15) is 55.8 Å². The van der Waals surface area contributed by atoms with Crippen LogP contribution >= 0.6 is 0 Å². The van der Waals surface area contributed by atoms with Crippen LogP contribution in [-0.4, -0.2) is 57.4 Å². The summed E-state index contributed by atoms with van der Waals surface area (Å²) in [6, 6.07) is 9.96. The van der Waals surface area contributed by atoms with Crippen LogP contribution < -0.4 is 0 Å². The van der Waals surface area contributed by atoms with Crippen molar-refractivity contribution in [1.82, 2.24) is 19.6 Å². The first-order valence-electron chi connectivity index (χ1n) is 12.5. The minimum Gasteiger partial charge on any atom is -0.468 e. The molecule has 5 rings (SSSR count). The number of carbonyl (C=O) groups excluding carboxylic acids is 1. The van der Waals surface area contributed by atoms with E-state index in [1.54, 1.807) is 13.1 Å². The Morgan fingerprint density at radius 1 is 1.28 bits per heavy atom. The highest BCUT2D eigenvalue weighted by molar-refractivity contribution is 5.71. The van der Waals surface area contributed by atoms with E-state index in [-0.39, 0.29) is 5.97 Å².